The van der Waals surface area contributed by atoms with Gasteiger partial charge in [0.05, 0.1) is 0 Å². The van der Waals surface area contributed by atoms with Gasteiger partial charge in [0.1, 0.15) is 5.82 Å². The third-order valence-corrected chi connectivity index (χ3v) is 5.16. The number of nitrogens with zero attached hydrogens (tertiary/aromatic N) is 5. The molecule has 0 aromatic carbocycles. The largest absolute Gasteiger partial charge is 0.347 e. The Kier molecular flexibility index (Phi) is 4.06. The molecule has 0 saturated carbocycles. The van der Waals surface area contributed by atoms with Crippen molar-refractivity contribution in [2.45, 2.75) is 25.3 Å². The maximum Gasteiger partial charge on any atom is 0.185 e. The maximum atomic E-state index is 4.66. The summed E-state index contributed by atoms with van der Waals surface area (Å²) in [6.45, 7) is 2.95. The van der Waals surface area contributed by atoms with Gasteiger partial charge in [0.25, 0.3) is 0 Å². The molecule has 1 aliphatic rings. The van der Waals surface area contributed by atoms with Gasteiger partial charge in [-0.2, -0.15) is 0 Å². The second-order valence-corrected chi connectivity index (χ2v) is 6.74. The normalized spacial score (nSPS) is 18.3. The molecule has 0 unspecified atom stereocenters. The Bertz CT molecular complexity index is 737. The Labute approximate surface area is 139 Å². The van der Waals surface area contributed by atoms with Crippen molar-refractivity contribution in [3.05, 3.63) is 59.9 Å². The van der Waals surface area contributed by atoms with E-state index in [0.717, 1.165) is 24.8 Å². The molecule has 5 nitrogen and oxygen atoms in total. The monoisotopic (exact) mass is 325 g/mol. The fraction of sp³-hybridized carbons (Fsp3) is 0.353. The van der Waals surface area contributed by atoms with Gasteiger partial charge in [0, 0.05) is 61.9 Å². The Balaban J connectivity index is 1.53. The van der Waals surface area contributed by atoms with Crippen LogP contribution in [0.25, 0.3) is 0 Å². The molecule has 23 heavy (non-hydrogen) atoms. The predicted molar refractivity (Wildman–Crippen MR) is 91.9 cm³/mol. The first-order valence-corrected chi connectivity index (χ1v) is 8.82. The van der Waals surface area contributed by atoms with Crippen LogP contribution in [0.3, 0.4) is 0 Å². The van der Waals surface area contributed by atoms with Crippen molar-refractivity contribution in [3.63, 3.8) is 0 Å². The average molecular weight is 325 g/mol. The molecule has 0 aliphatic carbocycles. The first kappa shape index (κ1) is 14.4. The topological polar surface area (TPSA) is 46.8 Å². The summed E-state index contributed by atoms with van der Waals surface area (Å²) in [6, 6.07) is 4.12. The molecule has 3 aromatic rings. The van der Waals surface area contributed by atoms with Gasteiger partial charge in [-0.05, 0) is 30.5 Å². The summed E-state index contributed by atoms with van der Waals surface area (Å²) in [6.07, 6.45) is 11.9. The molecule has 1 saturated heterocycles. The Morgan fingerprint density at radius 3 is 2.87 bits per heavy atom. The van der Waals surface area contributed by atoms with E-state index < -0.39 is 0 Å². The summed E-state index contributed by atoms with van der Waals surface area (Å²) in [7, 11) is 0. The molecule has 4 heterocycles. The molecule has 0 N–H and O–H groups in total. The molecule has 0 radical (unpaired) electrons. The van der Waals surface area contributed by atoms with Crippen molar-refractivity contribution in [3.8, 4) is 0 Å². The smallest absolute Gasteiger partial charge is 0.185 e. The second kappa shape index (κ2) is 6.50. The number of aromatic nitrogens is 4. The molecule has 6 heteroatoms. The number of pyridine rings is 1. The number of imidazole rings is 1. The number of piperidine rings is 1. The summed E-state index contributed by atoms with van der Waals surface area (Å²) in [5.41, 5.74) is 1.26. The van der Waals surface area contributed by atoms with Gasteiger partial charge in [-0.1, -0.05) is 0 Å². The molecule has 1 fully saturated rings. The third-order valence-electron chi connectivity index (χ3n) is 4.33. The van der Waals surface area contributed by atoms with Crippen LogP contribution >= 0.6 is 11.3 Å². The molecular weight excluding hydrogens is 306 g/mol. The van der Waals surface area contributed by atoms with Crippen LogP contribution in [-0.4, -0.2) is 32.6 Å². The summed E-state index contributed by atoms with van der Waals surface area (Å²) in [5, 5.41) is 3.17. The highest BCUT2D eigenvalue weighted by Crippen LogP contribution is 2.30. The van der Waals surface area contributed by atoms with E-state index in [1.165, 1.54) is 24.2 Å². The zero-order chi connectivity index (χ0) is 15.5. The Morgan fingerprint density at radius 1 is 1.13 bits per heavy atom. The molecule has 1 aliphatic heterocycles. The molecule has 118 valence electrons. The van der Waals surface area contributed by atoms with E-state index in [2.05, 4.69) is 42.7 Å². The van der Waals surface area contributed by atoms with Crippen LogP contribution in [0.4, 0.5) is 5.13 Å². The van der Waals surface area contributed by atoms with E-state index in [1.807, 2.05) is 30.2 Å². The number of thiazole rings is 1. The van der Waals surface area contributed by atoms with Gasteiger partial charge in [-0.25, -0.2) is 9.97 Å². The predicted octanol–water partition coefficient (Wildman–Crippen LogP) is 3.17. The van der Waals surface area contributed by atoms with Gasteiger partial charge in [0.2, 0.25) is 0 Å². The summed E-state index contributed by atoms with van der Waals surface area (Å²) in [5.74, 6) is 1.65. The number of hydrogen-bond acceptors (Lipinski definition) is 5. The molecule has 3 aromatic heterocycles. The molecule has 1 atom stereocenters. The minimum absolute atomic E-state index is 0.462. The molecule has 0 bridgehead atoms. The minimum atomic E-state index is 0.462. The van der Waals surface area contributed by atoms with Crippen molar-refractivity contribution in [2.24, 2.45) is 0 Å². The summed E-state index contributed by atoms with van der Waals surface area (Å²) in [4.78, 5) is 15.6. The van der Waals surface area contributed by atoms with Crippen molar-refractivity contribution >= 4 is 16.5 Å². The SMILES string of the molecule is c1cc(Cn2ccnc2[C@H]2CCCN(c3nccs3)C2)ccn1. The first-order chi connectivity index (χ1) is 11.4. The van der Waals surface area contributed by atoms with Crippen LogP contribution in [0.5, 0.6) is 0 Å². The van der Waals surface area contributed by atoms with Crippen LogP contribution in [0.15, 0.2) is 48.5 Å². The lowest BCUT2D eigenvalue weighted by Gasteiger charge is -2.32. The molecule has 0 amide bonds. The van der Waals surface area contributed by atoms with Crippen LogP contribution in [0.1, 0.15) is 30.1 Å². The number of hydrogen-bond donors (Lipinski definition) is 0. The van der Waals surface area contributed by atoms with Gasteiger partial charge in [-0.3, -0.25) is 4.98 Å². The van der Waals surface area contributed by atoms with E-state index in [1.54, 1.807) is 11.3 Å². The van der Waals surface area contributed by atoms with Crippen molar-refractivity contribution in [2.75, 3.05) is 18.0 Å². The van der Waals surface area contributed by atoms with E-state index >= 15 is 0 Å². The lowest BCUT2D eigenvalue weighted by atomic mass is 9.97. The maximum absolute atomic E-state index is 4.66. The minimum Gasteiger partial charge on any atom is -0.347 e. The van der Waals surface area contributed by atoms with Crippen LogP contribution < -0.4 is 4.90 Å². The highest BCUT2D eigenvalue weighted by atomic mass is 32.1. The van der Waals surface area contributed by atoms with Crippen LogP contribution in [-0.2, 0) is 6.54 Å². The van der Waals surface area contributed by atoms with Gasteiger partial charge >= 0.3 is 0 Å². The highest BCUT2D eigenvalue weighted by molar-refractivity contribution is 7.13. The molecular formula is C17H19N5S. The fourth-order valence-electron chi connectivity index (χ4n) is 3.23. The van der Waals surface area contributed by atoms with Crippen molar-refractivity contribution in [1.82, 2.24) is 19.5 Å². The fourth-order valence-corrected chi connectivity index (χ4v) is 3.91. The standard InChI is InChI=1S/C17H19N5S/c1-2-15(13-22(9-1)17-20-8-11-23-17)16-19-7-10-21(16)12-14-3-5-18-6-4-14/h3-8,10-11,15H,1-2,9,12-13H2/t15-/m0/s1. The molecule has 0 spiro atoms. The summed E-state index contributed by atoms with van der Waals surface area (Å²) >= 11 is 1.72. The van der Waals surface area contributed by atoms with Crippen LogP contribution in [0, 0.1) is 0 Å². The Morgan fingerprint density at radius 2 is 2.04 bits per heavy atom. The van der Waals surface area contributed by atoms with Gasteiger partial charge in [-0.15, -0.1) is 11.3 Å². The van der Waals surface area contributed by atoms with Crippen molar-refractivity contribution < 1.29 is 0 Å². The quantitative estimate of drug-likeness (QED) is 0.739. The first-order valence-electron chi connectivity index (χ1n) is 7.94. The zero-order valence-corrected chi connectivity index (χ0v) is 13.7. The highest BCUT2D eigenvalue weighted by Gasteiger charge is 2.25. The number of rotatable bonds is 4. The summed E-state index contributed by atoms with van der Waals surface area (Å²) < 4.78 is 2.27. The lowest BCUT2D eigenvalue weighted by molar-refractivity contribution is 0.476. The van der Waals surface area contributed by atoms with Crippen molar-refractivity contribution in [1.29, 1.82) is 0 Å². The van der Waals surface area contributed by atoms with E-state index in [4.69, 9.17) is 0 Å². The third kappa shape index (κ3) is 3.12. The van der Waals surface area contributed by atoms with Gasteiger partial charge < -0.3 is 9.47 Å². The molecule has 4 rings (SSSR count). The zero-order valence-electron chi connectivity index (χ0n) is 12.9. The average Bonchev–Trinajstić information content (AvgIpc) is 3.28. The van der Waals surface area contributed by atoms with E-state index in [0.29, 0.717) is 5.92 Å². The van der Waals surface area contributed by atoms with Crippen LogP contribution in [0.2, 0.25) is 0 Å². The Hall–Kier alpha value is -2.21. The van der Waals surface area contributed by atoms with E-state index in [-0.39, 0.29) is 0 Å². The lowest BCUT2D eigenvalue weighted by Crippen LogP contribution is -2.35. The van der Waals surface area contributed by atoms with E-state index in [9.17, 15) is 0 Å². The number of anilines is 1. The second-order valence-electron chi connectivity index (χ2n) is 5.87. The van der Waals surface area contributed by atoms with Gasteiger partial charge in [0.15, 0.2) is 5.13 Å².